The van der Waals surface area contributed by atoms with E-state index < -0.39 is 4.87 Å². The van der Waals surface area contributed by atoms with Crippen molar-refractivity contribution < 1.29 is 19.1 Å². The third kappa shape index (κ3) is 2.63. The molecule has 1 aliphatic heterocycles. The zero-order chi connectivity index (χ0) is 20.8. The standard InChI is InChI=1S/C24H33ClO4/c1-13(26)28-15-7-9-22(2)14(11-15)5-6-16-17(22)8-10-23(3)18(16)12-19-20(23)24(4,25)21(27)29-19/h5,15-20H,6-12H2,1-4H3/t15-,16+,17-,18-,19-,20-,22-,23-,24-/m0/s1. The average molecular weight is 421 g/mol. The third-order valence-corrected chi connectivity index (χ3v) is 10.0. The number of carbonyl (C=O) groups excluding carboxylic acids is 2. The highest BCUT2D eigenvalue weighted by atomic mass is 35.5. The maximum absolute atomic E-state index is 12.4. The second-order valence-electron chi connectivity index (χ2n) is 11.0. The van der Waals surface area contributed by atoms with Gasteiger partial charge in [0.25, 0.3) is 0 Å². The van der Waals surface area contributed by atoms with Crippen LogP contribution >= 0.6 is 11.6 Å². The first-order chi connectivity index (χ1) is 13.6. The second kappa shape index (κ2) is 6.24. The highest BCUT2D eigenvalue weighted by molar-refractivity contribution is 6.34. The minimum absolute atomic E-state index is 0.0170. The number of esters is 2. The van der Waals surface area contributed by atoms with E-state index in [0.29, 0.717) is 17.8 Å². The van der Waals surface area contributed by atoms with Crippen molar-refractivity contribution in [3.8, 4) is 0 Å². The molecule has 0 unspecified atom stereocenters. The van der Waals surface area contributed by atoms with Gasteiger partial charge in [-0.1, -0.05) is 25.5 Å². The van der Waals surface area contributed by atoms with E-state index in [1.165, 1.54) is 18.9 Å². The Morgan fingerprint density at radius 3 is 2.69 bits per heavy atom. The van der Waals surface area contributed by atoms with Crippen molar-refractivity contribution in [1.29, 1.82) is 0 Å². The average Bonchev–Trinajstić information content (AvgIpc) is 3.05. The van der Waals surface area contributed by atoms with Crippen LogP contribution in [0.3, 0.4) is 0 Å². The molecule has 0 N–H and O–H groups in total. The molecule has 4 aliphatic carbocycles. The molecule has 4 nitrogen and oxygen atoms in total. The van der Waals surface area contributed by atoms with Gasteiger partial charge in [0.15, 0.2) is 0 Å². The first-order valence-corrected chi connectivity index (χ1v) is 11.7. The van der Waals surface area contributed by atoms with Crippen LogP contribution in [-0.4, -0.2) is 29.0 Å². The second-order valence-corrected chi connectivity index (χ2v) is 11.8. The van der Waals surface area contributed by atoms with Gasteiger partial charge in [-0.15, -0.1) is 11.6 Å². The normalized spacial score (nSPS) is 53.1. The minimum Gasteiger partial charge on any atom is -0.462 e. The molecule has 0 amide bonds. The van der Waals surface area contributed by atoms with Gasteiger partial charge in [-0.3, -0.25) is 9.59 Å². The van der Waals surface area contributed by atoms with Gasteiger partial charge >= 0.3 is 11.9 Å². The summed E-state index contributed by atoms with van der Waals surface area (Å²) in [7, 11) is 0. The van der Waals surface area contributed by atoms with Gasteiger partial charge in [-0.05, 0) is 74.0 Å². The molecular weight excluding hydrogens is 388 g/mol. The van der Waals surface area contributed by atoms with E-state index in [4.69, 9.17) is 21.1 Å². The number of alkyl halides is 1. The number of carbonyl (C=O) groups is 2. The highest BCUT2D eigenvalue weighted by Crippen LogP contribution is 2.69. The Balaban J connectivity index is 1.43. The van der Waals surface area contributed by atoms with E-state index in [9.17, 15) is 9.59 Å². The lowest BCUT2D eigenvalue weighted by molar-refractivity contribution is -0.148. The fraction of sp³-hybridized carbons (Fsp3) is 0.833. The van der Waals surface area contributed by atoms with Crippen LogP contribution in [0, 0.1) is 34.5 Å². The van der Waals surface area contributed by atoms with Crippen LogP contribution in [0.25, 0.3) is 0 Å². The molecule has 0 radical (unpaired) electrons. The monoisotopic (exact) mass is 420 g/mol. The Morgan fingerprint density at radius 1 is 1.21 bits per heavy atom. The van der Waals surface area contributed by atoms with Gasteiger partial charge in [0.2, 0.25) is 0 Å². The Morgan fingerprint density at radius 2 is 1.97 bits per heavy atom. The van der Waals surface area contributed by atoms with E-state index in [2.05, 4.69) is 19.9 Å². The van der Waals surface area contributed by atoms with E-state index >= 15 is 0 Å². The van der Waals surface area contributed by atoms with Gasteiger partial charge < -0.3 is 9.47 Å². The fourth-order valence-corrected chi connectivity index (χ4v) is 8.85. The van der Waals surface area contributed by atoms with E-state index in [1.54, 1.807) is 0 Å². The SMILES string of the molecule is CC(=O)O[C@H]1CC[C@@]2(C)C(=CC[C@H]3[C@@H]4C[C@@H]5OC(=O)[C@@](C)(Cl)[C@@H]5[C@@]4(C)CC[C@@H]32)C1. The molecule has 1 heterocycles. The molecule has 0 spiro atoms. The maximum atomic E-state index is 12.4. The smallest absolute Gasteiger partial charge is 0.327 e. The first kappa shape index (κ1) is 19.9. The predicted octanol–water partition coefficient (Wildman–Crippen LogP) is 5.03. The van der Waals surface area contributed by atoms with Crippen molar-refractivity contribution in [3.63, 3.8) is 0 Å². The quantitative estimate of drug-likeness (QED) is 0.339. The van der Waals surface area contributed by atoms with Crippen LogP contribution in [0.2, 0.25) is 0 Å². The first-order valence-electron chi connectivity index (χ1n) is 11.3. The third-order valence-electron chi connectivity index (χ3n) is 9.64. The number of hydrogen-bond donors (Lipinski definition) is 0. The molecule has 4 fully saturated rings. The van der Waals surface area contributed by atoms with Crippen molar-refractivity contribution in [2.24, 2.45) is 34.5 Å². The van der Waals surface area contributed by atoms with Crippen LogP contribution in [-0.2, 0) is 19.1 Å². The zero-order valence-corrected chi connectivity index (χ0v) is 18.8. The molecule has 5 heteroatoms. The molecule has 3 saturated carbocycles. The summed E-state index contributed by atoms with van der Waals surface area (Å²) in [6.07, 6.45) is 9.80. The summed E-state index contributed by atoms with van der Waals surface area (Å²) < 4.78 is 11.3. The molecule has 9 atom stereocenters. The number of fused-ring (bicyclic) bond motifs is 7. The Kier molecular flexibility index (Phi) is 4.29. The summed E-state index contributed by atoms with van der Waals surface area (Å²) in [4.78, 5) is 22.9. The number of rotatable bonds is 1. The summed E-state index contributed by atoms with van der Waals surface area (Å²) in [6, 6.07) is 0. The maximum Gasteiger partial charge on any atom is 0.327 e. The lowest BCUT2D eigenvalue weighted by atomic mass is 9.47. The predicted molar refractivity (Wildman–Crippen MR) is 110 cm³/mol. The zero-order valence-electron chi connectivity index (χ0n) is 18.0. The van der Waals surface area contributed by atoms with Gasteiger partial charge in [0, 0.05) is 19.3 Å². The summed E-state index contributed by atoms with van der Waals surface area (Å²) in [5.41, 5.74) is 1.79. The summed E-state index contributed by atoms with van der Waals surface area (Å²) in [5, 5.41) is 0. The Bertz CT molecular complexity index is 788. The molecule has 5 aliphatic rings. The number of allylic oxidation sites excluding steroid dienone is 1. The number of ether oxygens (including phenoxy) is 2. The lowest BCUT2D eigenvalue weighted by Crippen LogP contribution is -2.52. The van der Waals surface area contributed by atoms with Crippen molar-refractivity contribution in [1.82, 2.24) is 0 Å². The van der Waals surface area contributed by atoms with E-state index in [-0.39, 0.29) is 40.9 Å². The molecule has 29 heavy (non-hydrogen) atoms. The summed E-state index contributed by atoms with van der Waals surface area (Å²) in [5.74, 6) is 1.57. The van der Waals surface area contributed by atoms with Crippen LogP contribution in [0.1, 0.15) is 72.6 Å². The number of hydrogen-bond acceptors (Lipinski definition) is 4. The topological polar surface area (TPSA) is 52.6 Å². The molecule has 1 saturated heterocycles. The summed E-state index contributed by atoms with van der Waals surface area (Å²) in [6.45, 7) is 8.21. The fourth-order valence-electron chi connectivity index (χ4n) is 8.42. The van der Waals surface area contributed by atoms with E-state index in [0.717, 1.165) is 38.5 Å². The Hall–Kier alpha value is -1.03. The van der Waals surface area contributed by atoms with Crippen molar-refractivity contribution in [2.75, 3.05) is 0 Å². The van der Waals surface area contributed by atoms with Crippen molar-refractivity contribution in [2.45, 2.75) is 89.7 Å². The molecule has 0 aromatic heterocycles. The van der Waals surface area contributed by atoms with Crippen molar-refractivity contribution >= 4 is 23.5 Å². The van der Waals surface area contributed by atoms with E-state index in [1.807, 2.05) is 6.92 Å². The van der Waals surface area contributed by atoms with Crippen LogP contribution < -0.4 is 0 Å². The molecular formula is C24H33ClO4. The number of halogens is 1. The highest BCUT2D eigenvalue weighted by Gasteiger charge is 2.69. The van der Waals surface area contributed by atoms with Gasteiger partial charge in [0.05, 0.1) is 0 Å². The molecule has 0 bridgehead atoms. The lowest BCUT2D eigenvalue weighted by Gasteiger charge is -2.58. The van der Waals surface area contributed by atoms with Gasteiger partial charge in [0.1, 0.15) is 17.1 Å². The summed E-state index contributed by atoms with van der Waals surface area (Å²) >= 11 is 6.77. The van der Waals surface area contributed by atoms with Crippen LogP contribution in [0.5, 0.6) is 0 Å². The Labute approximate surface area is 178 Å². The molecule has 160 valence electrons. The molecule has 0 aromatic carbocycles. The molecule has 5 rings (SSSR count). The van der Waals surface area contributed by atoms with Gasteiger partial charge in [-0.2, -0.15) is 0 Å². The molecule has 0 aromatic rings. The largest absolute Gasteiger partial charge is 0.462 e. The van der Waals surface area contributed by atoms with Crippen molar-refractivity contribution in [3.05, 3.63) is 11.6 Å². The van der Waals surface area contributed by atoms with Gasteiger partial charge in [-0.25, -0.2) is 0 Å². The minimum atomic E-state index is -0.886. The van der Waals surface area contributed by atoms with Crippen LogP contribution in [0.15, 0.2) is 11.6 Å². The van der Waals surface area contributed by atoms with Crippen LogP contribution in [0.4, 0.5) is 0 Å².